The van der Waals surface area contributed by atoms with Crippen LogP contribution in [0.5, 0.6) is 11.5 Å². The van der Waals surface area contributed by atoms with Gasteiger partial charge in [0.1, 0.15) is 11.5 Å². The number of fused-ring (bicyclic) bond motifs is 2. The summed E-state index contributed by atoms with van der Waals surface area (Å²) in [6.45, 7) is 4.01. The van der Waals surface area contributed by atoms with Crippen LogP contribution in [0.15, 0.2) is 29.3 Å². The Kier molecular flexibility index (Phi) is 4.94. The van der Waals surface area contributed by atoms with E-state index in [1.54, 1.807) is 25.3 Å². The Labute approximate surface area is 153 Å². The Bertz CT molecular complexity index is 765. The minimum Gasteiger partial charge on any atom is -0.497 e. The lowest BCUT2D eigenvalue weighted by molar-refractivity contribution is -0.148. The van der Waals surface area contributed by atoms with E-state index in [9.17, 15) is 14.7 Å². The van der Waals surface area contributed by atoms with Crippen LogP contribution in [0.1, 0.15) is 26.7 Å². The number of carboxylic acid groups (broad SMARTS) is 1. The van der Waals surface area contributed by atoms with Crippen LogP contribution in [0.2, 0.25) is 0 Å². The van der Waals surface area contributed by atoms with Gasteiger partial charge in [0.2, 0.25) is 5.91 Å². The first-order chi connectivity index (χ1) is 12.4. The van der Waals surface area contributed by atoms with Gasteiger partial charge in [0.15, 0.2) is 0 Å². The first-order valence-electron chi connectivity index (χ1n) is 8.82. The molecule has 2 bridgehead atoms. The standard InChI is InChI=1S/C20H25NO5/c1-10(2)16-12-6-7-13(16)18(20(23)24)17(12)19(22)21-14-9-11(25-3)5-8-15(14)26-4/h5,8-9,12-13,17-18H,6-7H2,1-4H3,(H,21,22)(H,23,24)/t12-,13-,17+,18+/m0/s1. The smallest absolute Gasteiger partial charge is 0.307 e. The first-order valence-corrected chi connectivity index (χ1v) is 8.82. The fraction of sp³-hybridized carbons (Fsp3) is 0.500. The molecule has 0 unspecified atom stereocenters. The summed E-state index contributed by atoms with van der Waals surface area (Å²) in [5.74, 6) is -1.33. The zero-order valence-electron chi connectivity index (χ0n) is 15.5. The molecule has 2 saturated carbocycles. The molecule has 6 nitrogen and oxygen atoms in total. The molecule has 0 heterocycles. The van der Waals surface area contributed by atoms with Gasteiger partial charge in [-0.25, -0.2) is 0 Å². The third kappa shape index (κ3) is 2.93. The predicted octanol–water partition coefficient (Wildman–Crippen LogP) is 3.34. The molecule has 2 aliphatic rings. The van der Waals surface area contributed by atoms with Crippen molar-refractivity contribution in [2.24, 2.45) is 23.7 Å². The minimum absolute atomic E-state index is 0.00250. The molecule has 0 aromatic heterocycles. The number of allylic oxidation sites excluding steroid dienone is 2. The van der Waals surface area contributed by atoms with Crippen LogP contribution in [0.3, 0.4) is 0 Å². The summed E-state index contributed by atoms with van der Waals surface area (Å²) < 4.78 is 10.5. The van der Waals surface area contributed by atoms with Crippen molar-refractivity contribution in [3.8, 4) is 11.5 Å². The lowest BCUT2D eigenvalue weighted by Gasteiger charge is -2.26. The average molecular weight is 359 g/mol. The highest BCUT2D eigenvalue weighted by Crippen LogP contribution is 2.57. The second kappa shape index (κ2) is 7.02. The number of hydrogen-bond acceptors (Lipinski definition) is 4. The Balaban J connectivity index is 1.92. The van der Waals surface area contributed by atoms with E-state index in [2.05, 4.69) is 5.32 Å². The summed E-state index contributed by atoms with van der Waals surface area (Å²) in [5, 5.41) is 12.6. The van der Waals surface area contributed by atoms with Gasteiger partial charge in [0.05, 0.1) is 31.7 Å². The largest absolute Gasteiger partial charge is 0.497 e. The number of methoxy groups -OCH3 is 2. The second-order valence-corrected chi connectivity index (χ2v) is 7.19. The number of anilines is 1. The zero-order valence-corrected chi connectivity index (χ0v) is 15.5. The molecule has 26 heavy (non-hydrogen) atoms. The normalized spacial score (nSPS) is 26.5. The fourth-order valence-corrected chi connectivity index (χ4v) is 4.73. The van der Waals surface area contributed by atoms with E-state index < -0.39 is 17.8 Å². The summed E-state index contributed by atoms with van der Waals surface area (Å²) in [4.78, 5) is 25.0. The van der Waals surface area contributed by atoms with Gasteiger partial charge in [0.25, 0.3) is 0 Å². The van der Waals surface area contributed by atoms with E-state index in [-0.39, 0.29) is 17.7 Å². The van der Waals surface area contributed by atoms with Crippen LogP contribution in [-0.4, -0.2) is 31.2 Å². The van der Waals surface area contributed by atoms with Crippen LogP contribution >= 0.6 is 0 Å². The molecule has 1 aromatic carbocycles. The lowest BCUT2D eigenvalue weighted by Crippen LogP contribution is -2.37. The molecular formula is C20H25NO5. The highest BCUT2D eigenvalue weighted by atomic mass is 16.5. The van der Waals surface area contributed by atoms with Crippen molar-refractivity contribution in [1.29, 1.82) is 0 Å². The van der Waals surface area contributed by atoms with Crippen molar-refractivity contribution in [3.05, 3.63) is 29.3 Å². The molecule has 1 amide bonds. The van der Waals surface area contributed by atoms with Crippen LogP contribution in [-0.2, 0) is 9.59 Å². The van der Waals surface area contributed by atoms with Crippen molar-refractivity contribution < 1.29 is 24.2 Å². The van der Waals surface area contributed by atoms with Gasteiger partial charge in [-0.1, -0.05) is 11.1 Å². The Morgan fingerprint density at radius 2 is 1.73 bits per heavy atom. The van der Waals surface area contributed by atoms with Gasteiger partial charge in [-0.2, -0.15) is 0 Å². The molecule has 140 valence electrons. The van der Waals surface area contributed by atoms with Crippen LogP contribution in [0, 0.1) is 23.7 Å². The van der Waals surface area contributed by atoms with Crippen LogP contribution in [0.4, 0.5) is 5.69 Å². The van der Waals surface area contributed by atoms with Gasteiger partial charge in [-0.15, -0.1) is 0 Å². The topological polar surface area (TPSA) is 84.9 Å². The number of hydrogen-bond donors (Lipinski definition) is 2. The molecule has 3 rings (SSSR count). The maximum atomic E-state index is 13.1. The molecule has 0 spiro atoms. The number of rotatable bonds is 5. The number of benzene rings is 1. The van der Waals surface area contributed by atoms with E-state index in [0.717, 1.165) is 24.0 Å². The van der Waals surface area contributed by atoms with Crippen molar-refractivity contribution in [2.45, 2.75) is 26.7 Å². The number of carbonyl (C=O) groups excluding carboxylic acids is 1. The summed E-state index contributed by atoms with van der Waals surface area (Å²) in [6.07, 6.45) is 1.71. The molecule has 0 saturated heterocycles. The molecule has 6 heteroatoms. The minimum atomic E-state index is -0.895. The second-order valence-electron chi connectivity index (χ2n) is 7.19. The third-order valence-electron chi connectivity index (χ3n) is 5.67. The van der Waals surface area contributed by atoms with Crippen molar-refractivity contribution in [1.82, 2.24) is 0 Å². The van der Waals surface area contributed by atoms with Gasteiger partial charge < -0.3 is 19.9 Å². The summed E-state index contributed by atoms with van der Waals surface area (Å²) in [5.41, 5.74) is 2.79. The van der Waals surface area contributed by atoms with Crippen molar-refractivity contribution in [2.75, 3.05) is 19.5 Å². The number of aliphatic carboxylic acids is 1. The van der Waals surface area contributed by atoms with Gasteiger partial charge >= 0.3 is 5.97 Å². The highest BCUT2D eigenvalue weighted by Gasteiger charge is 2.57. The Morgan fingerprint density at radius 3 is 2.27 bits per heavy atom. The zero-order chi connectivity index (χ0) is 19.0. The fourth-order valence-electron chi connectivity index (χ4n) is 4.73. The number of carbonyl (C=O) groups is 2. The lowest BCUT2D eigenvalue weighted by atomic mass is 9.78. The average Bonchev–Trinajstić information content (AvgIpc) is 3.17. The van der Waals surface area contributed by atoms with Crippen molar-refractivity contribution in [3.63, 3.8) is 0 Å². The molecule has 2 N–H and O–H groups in total. The molecule has 0 radical (unpaired) electrons. The van der Waals surface area contributed by atoms with Crippen LogP contribution < -0.4 is 14.8 Å². The summed E-state index contributed by atoms with van der Waals surface area (Å²) >= 11 is 0. The van der Waals surface area contributed by atoms with Gasteiger partial charge in [0, 0.05) is 6.07 Å². The maximum Gasteiger partial charge on any atom is 0.307 e. The van der Waals surface area contributed by atoms with Gasteiger partial charge in [-0.3, -0.25) is 9.59 Å². The quantitative estimate of drug-likeness (QED) is 0.788. The number of nitrogens with one attached hydrogen (secondary N) is 1. The molecular weight excluding hydrogens is 334 g/mol. The van der Waals surface area contributed by atoms with E-state index in [4.69, 9.17) is 9.47 Å². The Morgan fingerprint density at radius 1 is 1.08 bits per heavy atom. The van der Waals surface area contributed by atoms with E-state index in [0.29, 0.717) is 17.2 Å². The molecule has 2 aliphatic carbocycles. The van der Waals surface area contributed by atoms with E-state index in [1.165, 1.54) is 7.11 Å². The number of carboxylic acids is 1. The first kappa shape index (κ1) is 18.3. The van der Waals surface area contributed by atoms with Gasteiger partial charge in [-0.05, 0) is 50.7 Å². The summed E-state index contributed by atoms with van der Waals surface area (Å²) in [7, 11) is 3.07. The Hall–Kier alpha value is -2.50. The SMILES string of the molecule is COc1ccc(OC)c(NC(=O)[C@H]2[C@H](C(=O)O)[C@H]3CC[C@H]2C3=C(C)C)c1. The summed E-state index contributed by atoms with van der Waals surface area (Å²) in [6, 6.07) is 5.14. The molecule has 0 aliphatic heterocycles. The monoisotopic (exact) mass is 359 g/mol. The number of ether oxygens (including phenoxy) is 2. The van der Waals surface area contributed by atoms with Crippen LogP contribution in [0.25, 0.3) is 0 Å². The van der Waals surface area contributed by atoms with E-state index >= 15 is 0 Å². The molecule has 4 atom stereocenters. The molecule has 2 fully saturated rings. The molecule has 1 aromatic rings. The highest BCUT2D eigenvalue weighted by molar-refractivity contribution is 5.98. The third-order valence-corrected chi connectivity index (χ3v) is 5.67. The van der Waals surface area contributed by atoms with Crippen molar-refractivity contribution >= 4 is 17.6 Å². The predicted molar refractivity (Wildman–Crippen MR) is 97.4 cm³/mol. The number of amides is 1. The van der Waals surface area contributed by atoms with E-state index in [1.807, 2.05) is 13.8 Å². The maximum absolute atomic E-state index is 13.1.